The molecular formula is C15H12BrClO3. The first-order valence-corrected chi connectivity index (χ1v) is 7.05. The van der Waals surface area contributed by atoms with Gasteiger partial charge in [-0.05, 0) is 36.8 Å². The van der Waals surface area contributed by atoms with E-state index in [0.29, 0.717) is 21.9 Å². The predicted octanol–water partition coefficient (Wildman–Crippen LogP) is 4.69. The van der Waals surface area contributed by atoms with Gasteiger partial charge >= 0.3 is 5.97 Å². The van der Waals surface area contributed by atoms with E-state index in [1.807, 2.05) is 13.0 Å². The number of ether oxygens (including phenoxy) is 1. The smallest absolute Gasteiger partial charge is 0.335 e. The van der Waals surface area contributed by atoms with E-state index in [1.165, 1.54) is 0 Å². The standard InChI is InChI=1S/C15H12BrClO3/c1-9-2-5-12(17)7-14(9)20-8-11-4-3-10(15(18)19)6-13(11)16/h2-7H,8H2,1H3,(H,18,19). The van der Waals surface area contributed by atoms with E-state index >= 15 is 0 Å². The molecule has 0 heterocycles. The summed E-state index contributed by atoms with van der Waals surface area (Å²) in [7, 11) is 0. The highest BCUT2D eigenvalue weighted by molar-refractivity contribution is 9.10. The second-order valence-corrected chi connectivity index (χ2v) is 5.60. The molecule has 0 saturated heterocycles. The molecule has 0 aliphatic heterocycles. The van der Waals surface area contributed by atoms with E-state index in [4.69, 9.17) is 21.4 Å². The van der Waals surface area contributed by atoms with Crippen molar-refractivity contribution in [2.24, 2.45) is 0 Å². The maximum atomic E-state index is 10.9. The molecule has 0 saturated carbocycles. The average Bonchev–Trinajstić information content (AvgIpc) is 2.40. The van der Waals surface area contributed by atoms with Crippen LogP contribution in [0.4, 0.5) is 0 Å². The van der Waals surface area contributed by atoms with E-state index in [0.717, 1.165) is 11.1 Å². The highest BCUT2D eigenvalue weighted by Crippen LogP contribution is 2.25. The third kappa shape index (κ3) is 3.52. The summed E-state index contributed by atoms with van der Waals surface area (Å²) in [5.74, 6) is -0.240. The van der Waals surface area contributed by atoms with E-state index < -0.39 is 5.97 Å². The zero-order valence-corrected chi connectivity index (χ0v) is 13.0. The first-order chi connectivity index (χ1) is 9.47. The molecule has 0 aliphatic carbocycles. The zero-order chi connectivity index (χ0) is 14.7. The van der Waals surface area contributed by atoms with E-state index in [1.54, 1.807) is 30.3 Å². The fraction of sp³-hybridized carbons (Fsp3) is 0.133. The van der Waals surface area contributed by atoms with E-state index in [2.05, 4.69) is 15.9 Å². The SMILES string of the molecule is Cc1ccc(Cl)cc1OCc1ccc(C(=O)O)cc1Br. The van der Waals surface area contributed by atoms with Crippen LogP contribution in [0.25, 0.3) is 0 Å². The van der Waals surface area contributed by atoms with Crippen molar-refractivity contribution in [2.45, 2.75) is 13.5 Å². The Morgan fingerprint density at radius 3 is 2.70 bits per heavy atom. The molecule has 104 valence electrons. The van der Waals surface area contributed by atoms with Gasteiger partial charge in [-0.25, -0.2) is 4.79 Å². The molecule has 2 rings (SSSR count). The van der Waals surface area contributed by atoms with Crippen LogP contribution in [0.5, 0.6) is 5.75 Å². The minimum Gasteiger partial charge on any atom is -0.489 e. The zero-order valence-electron chi connectivity index (χ0n) is 10.7. The topological polar surface area (TPSA) is 46.5 Å². The van der Waals surface area contributed by atoms with Crippen LogP contribution < -0.4 is 4.74 Å². The van der Waals surface area contributed by atoms with Crippen LogP contribution in [0.15, 0.2) is 40.9 Å². The van der Waals surface area contributed by atoms with Crippen molar-refractivity contribution in [2.75, 3.05) is 0 Å². The summed E-state index contributed by atoms with van der Waals surface area (Å²) in [4.78, 5) is 10.9. The van der Waals surface area contributed by atoms with Crippen LogP contribution in [-0.2, 0) is 6.61 Å². The van der Waals surface area contributed by atoms with Crippen LogP contribution in [0.1, 0.15) is 21.5 Å². The largest absolute Gasteiger partial charge is 0.489 e. The molecular weight excluding hydrogens is 344 g/mol. The number of halogens is 2. The molecule has 0 aromatic heterocycles. The molecule has 20 heavy (non-hydrogen) atoms. The number of aryl methyl sites for hydroxylation is 1. The summed E-state index contributed by atoms with van der Waals surface area (Å²) in [5, 5.41) is 9.52. The van der Waals surface area contributed by atoms with Crippen molar-refractivity contribution in [3.05, 3.63) is 62.6 Å². The van der Waals surface area contributed by atoms with Gasteiger partial charge in [0.15, 0.2) is 0 Å². The quantitative estimate of drug-likeness (QED) is 0.865. The van der Waals surface area contributed by atoms with Gasteiger partial charge in [0.05, 0.1) is 5.56 Å². The molecule has 0 atom stereocenters. The van der Waals surface area contributed by atoms with Crippen LogP contribution >= 0.6 is 27.5 Å². The van der Waals surface area contributed by atoms with Crippen LogP contribution in [-0.4, -0.2) is 11.1 Å². The summed E-state index contributed by atoms with van der Waals surface area (Å²) in [6.45, 7) is 2.27. The molecule has 0 amide bonds. The monoisotopic (exact) mass is 354 g/mol. The number of rotatable bonds is 4. The van der Waals surface area contributed by atoms with Crippen molar-refractivity contribution < 1.29 is 14.6 Å². The van der Waals surface area contributed by atoms with Gasteiger partial charge in [0.2, 0.25) is 0 Å². The van der Waals surface area contributed by atoms with E-state index in [9.17, 15) is 4.79 Å². The van der Waals surface area contributed by atoms with Gasteiger partial charge in [-0.2, -0.15) is 0 Å². The molecule has 0 unspecified atom stereocenters. The van der Waals surface area contributed by atoms with Crippen LogP contribution in [0, 0.1) is 6.92 Å². The fourth-order valence-corrected chi connectivity index (χ4v) is 2.34. The van der Waals surface area contributed by atoms with Gasteiger partial charge in [-0.3, -0.25) is 0 Å². The van der Waals surface area contributed by atoms with Gasteiger partial charge in [-0.15, -0.1) is 0 Å². The molecule has 0 radical (unpaired) electrons. The maximum absolute atomic E-state index is 10.9. The Morgan fingerprint density at radius 1 is 1.30 bits per heavy atom. The van der Waals surface area contributed by atoms with Crippen molar-refractivity contribution >= 4 is 33.5 Å². The van der Waals surface area contributed by atoms with Gasteiger partial charge in [-0.1, -0.05) is 39.7 Å². The molecule has 2 aromatic carbocycles. The Labute approximate surface area is 130 Å². The maximum Gasteiger partial charge on any atom is 0.335 e. The van der Waals surface area contributed by atoms with Crippen molar-refractivity contribution in [1.82, 2.24) is 0 Å². The summed E-state index contributed by atoms with van der Waals surface area (Å²) >= 11 is 9.28. The third-order valence-electron chi connectivity index (χ3n) is 2.83. The molecule has 0 fully saturated rings. The van der Waals surface area contributed by atoms with Crippen LogP contribution in [0.3, 0.4) is 0 Å². The Bertz CT molecular complexity index is 656. The molecule has 0 spiro atoms. The lowest BCUT2D eigenvalue weighted by Crippen LogP contribution is -2.01. The molecule has 2 aromatic rings. The third-order valence-corrected chi connectivity index (χ3v) is 3.81. The van der Waals surface area contributed by atoms with Crippen molar-refractivity contribution in [3.8, 4) is 5.75 Å². The number of hydrogen-bond acceptors (Lipinski definition) is 2. The lowest BCUT2D eigenvalue weighted by Gasteiger charge is -2.11. The second-order valence-electron chi connectivity index (χ2n) is 4.31. The Hall–Kier alpha value is -1.52. The number of carboxylic acid groups (broad SMARTS) is 1. The molecule has 1 N–H and O–H groups in total. The second kappa shape index (κ2) is 6.29. The normalized spacial score (nSPS) is 10.3. The van der Waals surface area contributed by atoms with Gasteiger partial charge < -0.3 is 9.84 Å². The van der Waals surface area contributed by atoms with Crippen molar-refractivity contribution in [1.29, 1.82) is 0 Å². The molecule has 0 bridgehead atoms. The predicted molar refractivity (Wildman–Crippen MR) is 81.6 cm³/mol. The summed E-state index contributed by atoms with van der Waals surface area (Å²) in [5.41, 5.74) is 2.10. The highest BCUT2D eigenvalue weighted by Gasteiger charge is 2.08. The number of carboxylic acids is 1. The number of carbonyl (C=O) groups is 1. The lowest BCUT2D eigenvalue weighted by atomic mass is 10.1. The molecule has 0 aliphatic rings. The number of aromatic carboxylic acids is 1. The van der Waals surface area contributed by atoms with Gasteiger partial charge in [0.1, 0.15) is 12.4 Å². The Kier molecular flexibility index (Phi) is 4.68. The van der Waals surface area contributed by atoms with Crippen LogP contribution in [0.2, 0.25) is 5.02 Å². The molecule has 5 heteroatoms. The highest BCUT2D eigenvalue weighted by atomic mass is 79.9. The van der Waals surface area contributed by atoms with Gasteiger partial charge in [0, 0.05) is 15.1 Å². The lowest BCUT2D eigenvalue weighted by molar-refractivity contribution is 0.0696. The van der Waals surface area contributed by atoms with E-state index in [-0.39, 0.29) is 5.56 Å². The number of benzene rings is 2. The minimum atomic E-state index is -0.955. The Morgan fingerprint density at radius 2 is 2.05 bits per heavy atom. The van der Waals surface area contributed by atoms with Crippen molar-refractivity contribution in [3.63, 3.8) is 0 Å². The minimum absolute atomic E-state index is 0.236. The summed E-state index contributed by atoms with van der Waals surface area (Å²) in [6, 6.07) is 10.3. The molecule has 3 nitrogen and oxygen atoms in total. The first kappa shape index (κ1) is 14.9. The van der Waals surface area contributed by atoms with Gasteiger partial charge in [0.25, 0.3) is 0 Å². The Balaban J connectivity index is 2.15. The summed E-state index contributed by atoms with van der Waals surface area (Å²) in [6.07, 6.45) is 0. The average molecular weight is 356 g/mol. The fourth-order valence-electron chi connectivity index (χ4n) is 1.68. The summed E-state index contributed by atoms with van der Waals surface area (Å²) < 4.78 is 6.43. The first-order valence-electron chi connectivity index (χ1n) is 5.88. The number of hydrogen-bond donors (Lipinski definition) is 1.